The van der Waals surface area contributed by atoms with Crippen LogP contribution in [0.4, 0.5) is 17.1 Å². The van der Waals surface area contributed by atoms with Crippen molar-refractivity contribution in [2.75, 3.05) is 56.1 Å². The number of anilines is 3. The highest BCUT2D eigenvalue weighted by atomic mass is 16.5. The quantitative estimate of drug-likeness (QED) is 0.696. The Balaban J connectivity index is 1.63. The lowest BCUT2D eigenvalue weighted by Gasteiger charge is -2.30. The van der Waals surface area contributed by atoms with Gasteiger partial charge in [-0.3, -0.25) is 9.59 Å². The van der Waals surface area contributed by atoms with Gasteiger partial charge in [0.15, 0.2) is 0 Å². The number of methoxy groups -OCH3 is 2. The van der Waals surface area contributed by atoms with Gasteiger partial charge in [0.05, 0.1) is 44.5 Å². The molecule has 3 rings (SSSR count). The Morgan fingerprint density at radius 2 is 1.66 bits per heavy atom. The SMILES string of the molecule is COc1ccc(OC)c(NC(=O)CC(=O)Nc2ccccc2N2CCOCC2)c1. The molecule has 1 saturated heterocycles. The molecule has 1 heterocycles. The summed E-state index contributed by atoms with van der Waals surface area (Å²) in [6.45, 7) is 2.80. The van der Waals surface area contributed by atoms with E-state index in [4.69, 9.17) is 14.2 Å². The molecule has 1 aliphatic rings. The minimum absolute atomic E-state index is 0.322. The van der Waals surface area contributed by atoms with Gasteiger partial charge in [0.25, 0.3) is 0 Å². The van der Waals surface area contributed by atoms with Crippen molar-refractivity contribution in [2.24, 2.45) is 0 Å². The van der Waals surface area contributed by atoms with E-state index in [1.54, 1.807) is 18.2 Å². The zero-order chi connectivity index (χ0) is 20.6. The van der Waals surface area contributed by atoms with Gasteiger partial charge in [0.1, 0.15) is 17.9 Å². The van der Waals surface area contributed by atoms with Gasteiger partial charge >= 0.3 is 0 Å². The van der Waals surface area contributed by atoms with E-state index in [-0.39, 0.29) is 6.42 Å². The zero-order valence-corrected chi connectivity index (χ0v) is 16.6. The molecule has 2 aromatic carbocycles. The van der Waals surface area contributed by atoms with Crippen molar-refractivity contribution in [3.05, 3.63) is 42.5 Å². The summed E-state index contributed by atoms with van der Waals surface area (Å²) in [5.41, 5.74) is 2.03. The third kappa shape index (κ3) is 5.39. The first kappa shape index (κ1) is 20.5. The fraction of sp³-hybridized carbons (Fsp3) is 0.333. The van der Waals surface area contributed by atoms with Crippen LogP contribution in [0.1, 0.15) is 6.42 Å². The summed E-state index contributed by atoms with van der Waals surface area (Å²) >= 11 is 0. The number of rotatable bonds is 7. The average molecular weight is 399 g/mol. The van der Waals surface area contributed by atoms with E-state index >= 15 is 0 Å². The van der Waals surface area contributed by atoms with Crippen LogP contribution in [0.15, 0.2) is 42.5 Å². The van der Waals surface area contributed by atoms with Crippen molar-refractivity contribution in [1.29, 1.82) is 0 Å². The van der Waals surface area contributed by atoms with Crippen LogP contribution in [0.25, 0.3) is 0 Å². The highest BCUT2D eigenvalue weighted by Gasteiger charge is 2.17. The molecule has 0 unspecified atom stereocenters. The lowest BCUT2D eigenvalue weighted by Crippen LogP contribution is -2.36. The van der Waals surface area contributed by atoms with E-state index in [9.17, 15) is 9.59 Å². The molecule has 8 heteroatoms. The van der Waals surface area contributed by atoms with Crippen molar-refractivity contribution < 1.29 is 23.8 Å². The molecule has 29 heavy (non-hydrogen) atoms. The highest BCUT2D eigenvalue weighted by Crippen LogP contribution is 2.29. The Morgan fingerprint density at radius 3 is 2.34 bits per heavy atom. The Morgan fingerprint density at radius 1 is 0.966 bits per heavy atom. The number of carbonyl (C=O) groups is 2. The summed E-state index contributed by atoms with van der Waals surface area (Å²) in [5, 5.41) is 5.54. The van der Waals surface area contributed by atoms with Crippen LogP contribution in [0.3, 0.4) is 0 Å². The number of para-hydroxylation sites is 2. The maximum absolute atomic E-state index is 12.5. The van der Waals surface area contributed by atoms with Gasteiger partial charge in [-0.05, 0) is 24.3 Å². The molecule has 0 bridgehead atoms. The minimum Gasteiger partial charge on any atom is -0.497 e. The Hall–Kier alpha value is -3.26. The maximum Gasteiger partial charge on any atom is 0.233 e. The van der Waals surface area contributed by atoms with Crippen LogP contribution >= 0.6 is 0 Å². The minimum atomic E-state index is -0.446. The van der Waals surface area contributed by atoms with E-state index in [0.29, 0.717) is 36.1 Å². The summed E-state index contributed by atoms with van der Waals surface area (Å²) < 4.78 is 15.8. The fourth-order valence-electron chi connectivity index (χ4n) is 3.11. The van der Waals surface area contributed by atoms with E-state index in [1.807, 2.05) is 24.3 Å². The number of hydrogen-bond donors (Lipinski definition) is 2. The van der Waals surface area contributed by atoms with Crippen LogP contribution < -0.4 is 25.0 Å². The van der Waals surface area contributed by atoms with E-state index < -0.39 is 11.8 Å². The smallest absolute Gasteiger partial charge is 0.233 e. The molecule has 0 aromatic heterocycles. The molecule has 0 aliphatic carbocycles. The van der Waals surface area contributed by atoms with Crippen LogP contribution in [0.2, 0.25) is 0 Å². The van der Waals surface area contributed by atoms with Gasteiger partial charge < -0.3 is 29.7 Å². The number of nitrogens with one attached hydrogen (secondary N) is 2. The van der Waals surface area contributed by atoms with Crippen molar-refractivity contribution in [3.63, 3.8) is 0 Å². The second kappa shape index (κ2) is 9.79. The van der Waals surface area contributed by atoms with Gasteiger partial charge in [-0.15, -0.1) is 0 Å². The molecule has 0 radical (unpaired) electrons. The average Bonchev–Trinajstić information content (AvgIpc) is 2.74. The van der Waals surface area contributed by atoms with Gasteiger partial charge in [0.2, 0.25) is 11.8 Å². The van der Waals surface area contributed by atoms with Crippen molar-refractivity contribution in [1.82, 2.24) is 0 Å². The number of amides is 2. The van der Waals surface area contributed by atoms with Crippen LogP contribution in [0.5, 0.6) is 11.5 Å². The van der Waals surface area contributed by atoms with E-state index in [2.05, 4.69) is 15.5 Å². The number of ether oxygens (including phenoxy) is 3. The Labute approximate surface area is 169 Å². The topological polar surface area (TPSA) is 89.1 Å². The molecule has 154 valence electrons. The monoisotopic (exact) mass is 399 g/mol. The maximum atomic E-state index is 12.5. The Kier molecular flexibility index (Phi) is 6.91. The first-order valence-corrected chi connectivity index (χ1v) is 9.34. The number of hydrogen-bond acceptors (Lipinski definition) is 6. The number of carbonyl (C=O) groups excluding carboxylic acids is 2. The van der Waals surface area contributed by atoms with Gasteiger partial charge in [0, 0.05) is 19.2 Å². The first-order valence-electron chi connectivity index (χ1n) is 9.34. The molecule has 0 spiro atoms. The lowest BCUT2D eigenvalue weighted by atomic mass is 10.2. The van der Waals surface area contributed by atoms with Gasteiger partial charge in [-0.1, -0.05) is 12.1 Å². The summed E-state index contributed by atoms with van der Waals surface area (Å²) in [6.07, 6.45) is -0.322. The molecule has 1 fully saturated rings. The van der Waals surface area contributed by atoms with Crippen LogP contribution in [-0.4, -0.2) is 52.3 Å². The summed E-state index contributed by atoms with van der Waals surface area (Å²) in [7, 11) is 3.04. The van der Waals surface area contributed by atoms with Crippen molar-refractivity contribution >= 4 is 28.9 Å². The molecular weight excluding hydrogens is 374 g/mol. The second-order valence-corrected chi connectivity index (χ2v) is 6.46. The summed E-state index contributed by atoms with van der Waals surface area (Å²) in [5.74, 6) is 0.213. The largest absolute Gasteiger partial charge is 0.497 e. The standard InChI is InChI=1S/C21H25N3O5/c1-27-15-7-8-19(28-2)17(13-15)23-21(26)14-20(25)22-16-5-3-4-6-18(16)24-9-11-29-12-10-24/h3-8,13H,9-12,14H2,1-2H3,(H,22,25)(H,23,26). The predicted octanol–water partition coefficient (Wildman–Crippen LogP) is 2.51. The first-order chi connectivity index (χ1) is 14.1. The zero-order valence-electron chi connectivity index (χ0n) is 16.6. The third-order valence-corrected chi connectivity index (χ3v) is 4.53. The van der Waals surface area contributed by atoms with Gasteiger partial charge in [-0.25, -0.2) is 0 Å². The van der Waals surface area contributed by atoms with Crippen molar-refractivity contribution in [3.8, 4) is 11.5 Å². The number of benzene rings is 2. The second-order valence-electron chi connectivity index (χ2n) is 6.46. The normalized spacial score (nSPS) is 13.5. The highest BCUT2D eigenvalue weighted by molar-refractivity contribution is 6.09. The lowest BCUT2D eigenvalue weighted by molar-refractivity contribution is -0.123. The number of nitrogens with zero attached hydrogens (tertiary/aromatic N) is 1. The van der Waals surface area contributed by atoms with Crippen molar-refractivity contribution in [2.45, 2.75) is 6.42 Å². The molecule has 8 nitrogen and oxygen atoms in total. The molecular formula is C21H25N3O5. The van der Waals surface area contributed by atoms with E-state index in [0.717, 1.165) is 18.8 Å². The molecule has 2 N–H and O–H groups in total. The van der Waals surface area contributed by atoms with E-state index in [1.165, 1.54) is 14.2 Å². The molecule has 2 amide bonds. The molecule has 1 aliphatic heterocycles. The number of morpholine rings is 1. The van der Waals surface area contributed by atoms with Crippen LogP contribution in [0, 0.1) is 0 Å². The molecule has 2 aromatic rings. The Bertz CT molecular complexity index is 865. The van der Waals surface area contributed by atoms with Crippen LogP contribution in [-0.2, 0) is 14.3 Å². The molecule has 0 saturated carbocycles. The summed E-state index contributed by atoms with van der Waals surface area (Å²) in [6, 6.07) is 12.6. The predicted molar refractivity (Wildman–Crippen MR) is 111 cm³/mol. The third-order valence-electron chi connectivity index (χ3n) is 4.53. The molecule has 0 atom stereocenters. The summed E-state index contributed by atoms with van der Waals surface area (Å²) in [4.78, 5) is 27.0. The fourth-order valence-corrected chi connectivity index (χ4v) is 3.11. The van der Waals surface area contributed by atoms with Gasteiger partial charge in [-0.2, -0.15) is 0 Å².